The fraction of sp³-hybridized carbons (Fsp3) is 0.333. The Hall–Kier alpha value is -2.00. The van der Waals surface area contributed by atoms with Crippen molar-refractivity contribution in [1.82, 2.24) is 5.06 Å². The number of hydrogen-bond donors (Lipinski definition) is 0. The monoisotopic (exact) mass is 282 g/mol. The number of hydroxylamine groups is 2. The highest BCUT2D eigenvalue weighted by molar-refractivity contribution is 5.32. The van der Waals surface area contributed by atoms with Crippen LogP contribution in [0.3, 0.4) is 0 Å². The molecule has 0 aliphatic carbocycles. The lowest BCUT2D eigenvalue weighted by Crippen LogP contribution is -2.35. The number of methoxy groups -OCH3 is 1. The summed E-state index contributed by atoms with van der Waals surface area (Å²) in [6.45, 7) is 1.87. The number of rotatable bonds is 4. The summed E-state index contributed by atoms with van der Waals surface area (Å²) in [6.07, 6.45) is 2.20. The molecule has 0 N–H and O–H groups in total. The Morgan fingerprint density at radius 1 is 1.05 bits per heavy atom. The average molecular weight is 282 g/mol. The van der Waals surface area contributed by atoms with Crippen molar-refractivity contribution in [2.75, 3.05) is 20.2 Å². The first-order valence-corrected chi connectivity index (χ1v) is 7.39. The van der Waals surface area contributed by atoms with Gasteiger partial charge in [0.15, 0.2) is 5.75 Å². The van der Waals surface area contributed by atoms with Crippen LogP contribution in [0, 0.1) is 6.07 Å². The molecule has 1 heterocycles. The van der Waals surface area contributed by atoms with Gasteiger partial charge in [0.1, 0.15) is 5.75 Å². The summed E-state index contributed by atoms with van der Waals surface area (Å²) in [5.74, 6) is 2.25. The summed E-state index contributed by atoms with van der Waals surface area (Å²) in [5.41, 5.74) is 1.32. The predicted octanol–water partition coefficient (Wildman–Crippen LogP) is 3.67. The smallest absolute Gasteiger partial charge is 0.151 e. The lowest BCUT2D eigenvalue weighted by atomic mass is 9.90. The summed E-state index contributed by atoms with van der Waals surface area (Å²) in [7, 11) is 1.67. The van der Waals surface area contributed by atoms with Crippen LogP contribution in [0.4, 0.5) is 0 Å². The van der Waals surface area contributed by atoms with Crippen LogP contribution in [-0.4, -0.2) is 25.3 Å². The normalized spacial score (nSPS) is 16.6. The van der Waals surface area contributed by atoms with Crippen LogP contribution >= 0.6 is 0 Å². The van der Waals surface area contributed by atoms with Crippen LogP contribution in [0.15, 0.2) is 48.5 Å². The van der Waals surface area contributed by atoms with Gasteiger partial charge in [-0.25, -0.2) is 0 Å². The highest BCUT2D eigenvalue weighted by atomic mass is 16.7. The van der Waals surface area contributed by atoms with Crippen molar-refractivity contribution in [3.8, 4) is 11.5 Å². The van der Waals surface area contributed by atoms with Gasteiger partial charge in [-0.15, -0.1) is 5.06 Å². The molecule has 0 atom stereocenters. The van der Waals surface area contributed by atoms with E-state index in [2.05, 4.69) is 18.2 Å². The molecular weight excluding hydrogens is 262 g/mol. The second-order valence-electron chi connectivity index (χ2n) is 5.29. The van der Waals surface area contributed by atoms with Crippen LogP contribution in [0.25, 0.3) is 0 Å². The van der Waals surface area contributed by atoms with Gasteiger partial charge in [0.05, 0.1) is 7.11 Å². The van der Waals surface area contributed by atoms with Crippen molar-refractivity contribution in [3.63, 3.8) is 0 Å². The third kappa shape index (κ3) is 3.56. The number of piperidine rings is 1. The molecule has 1 saturated heterocycles. The first kappa shape index (κ1) is 14.0. The first-order valence-electron chi connectivity index (χ1n) is 7.39. The molecule has 3 rings (SSSR count). The topological polar surface area (TPSA) is 21.7 Å². The molecule has 21 heavy (non-hydrogen) atoms. The molecule has 3 heteroatoms. The average Bonchev–Trinajstić information content (AvgIpc) is 2.56. The fourth-order valence-corrected chi connectivity index (χ4v) is 2.73. The zero-order valence-electron chi connectivity index (χ0n) is 12.3. The predicted molar refractivity (Wildman–Crippen MR) is 82.4 cm³/mol. The lowest BCUT2D eigenvalue weighted by Gasteiger charge is -2.31. The molecule has 0 spiro atoms. The Kier molecular flexibility index (Phi) is 4.41. The molecule has 0 saturated carbocycles. The molecule has 1 aliphatic heterocycles. The SMILES string of the molecule is COc1cccc(ON2CCC(c3[c]cccc3)CC2)c1. The Bertz CT molecular complexity index is 562. The third-order valence-corrected chi connectivity index (χ3v) is 3.90. The van der Waals surface area contributed by atoms with Crippen LogP contribution in [0.1, 0.15) is 24.3 Å². The maximum atomic E-state index is 5.93. The van der Waals surface area contributed by atoms with Crippen molar-refractivity contribution < 1.29 is 9.57 Å². The molecule has 0 bridgehead atoms. The van der Waals surface area contributed by atoms with Crippen molar-refractivity contribution in [2.24, 2.45) is 0 Å². The molecule has 1 fully saturated rings. The molecule has 109 valence electrons. The van der Waals surface area contributed by atoms with Gasteiger partial charge in [0.2, 0.25) is 0 Å². The number of benzene rings is 2. The van der Waals surface area contributed by atoms with E-state index in [1.54, 1.807) is 7.11 Å². The van der Waals surface area contributed by atoms with Crippen molar-refractivity contribution in [2.45, 2.75) is 18.8 Å². The molecule has 3 nitrogen and oxygen atoms in total. The Balaban J connectivity index is 1.56. The standard InChI is InChI=1S/C18H20NO2/c1-20-17-8-5-9-18(14-17)21-19-12-10-16(11-13-19)15-6-3-2-4-7-15/h2-6,8-9,14,16H,10-13H2,1H3. The molecule has 1 radical (unpaired) electrons. The quantitative estimate of drug-likeness (QED) is 0.854. The zero-order chi connectivity index (χ0) is 14.5. The Morgan fingerprint density at radius 3 is 2.57 bits per heavy atom. The van der Waals surface area contributed by atoms with Gasteiger partial charge < -0.3 is 9.57 Å². The molecular formula is C18H20NO2. The van der Waals surface area contributed by atoms with Gasteiger partial charge >= 0.3 is 0 Å². The Morgan fingerprint density at radius 2 is 1.86 bits per heavy atom. The van der Waals surface area contributed by atoms with Gasteiger partial charge in [0.25, 0.3) is 0 Å². The van der Waals surface area contributed by atoms with E-state index in [0.717, 1.165) is 37.4 Å². The van der Waals surface area contributed by atoms with Gasteiger partial charge in [-0.1, -0.05) is 30.3 Å². The van der Waals surface area contributed by atoms with E-state index in [-0.39, 0.29) is 0 Å². The maximum absolute atomic E-state index is 5.93. The molecule has 2 aromatic carbocycles. The molecule has 0 unspecified atom stereocenters. The van der Waals surface area contributed by atoms with Crippen molar-refractivity contribution in [1.29, 1.82) is 0 Å². The third-order valence-electron chi connectivity index (χ3n) is 3.90. The minimum atomic E-state index is 0.594. The molecule has 1 aliphatic rings. The minimum absolute atomic E-state index is 0.594. The minimum Gasteiger partial charge on any atom is -0.497 e. The number of hydrogen-bond acceptors (Lipinski definition) is 3. The summed E-state index contributed by atoms with van der Waals surface area (Å²) >= 11 is 0. The molecule has 0 amide bonds. The number of ether oxygens (including phenoxy) is 1. The second-order valence-corrected chi connectivity index (χ2v) is 5.29. The van der Waals surface area contributed by atoms with Gasteiger partial charge in [-0.05, 0) is 42.5 Å². The van der Waals surface area contributed by atoms with Crippen LogP contribution in [0.5, 0.6) is 11.5 Å². The highest BCUT2D eigenvalue weighted by Gasteiger charge is 2.21. The first-order chi connectivity index (χ1) is 10.3. The van der Waals surface area contributed by atoms with E-state index < -0.39 is 0 Å². The van der Waals surface area contributed by atoms with Crippen LogP contribution in [0.2, 0.25) is 0 Å². The van der Waals surface area contributed by atoms with E-state index >= 15 is 0 Å². The van der Waals surface area contributed by atoms with Crippen LogP contribution < -0.4 is 9.57 Å². The van der Waals surface area contributed by atoms with E-state index in [9.17, 15) is 0 Å². The van der Waals surface area contributed by atoms with E-state index in [1.807, 2.05) is 41.5 Å². The van der Waals surface area contributed by atoms with Gasteiger partial charge in [0, 0.05) is 19.2 Å². The summed E-state index contributed by atoms with van der Waals surface area (Å²) in [5, 5.41) is 2.04. The number of nitrogens with zero attached hydrogens (tertiary/aromatic N) is 1. The maximum Gasteiger partial charge on any atom is 0.151 e. The van der Waals surface area contributed by atoms with Crippen molar-refractivity contribution in [3.05, 3.63) is 60.2 Å². The summed E-state index contributed by atoms with van der Waals surface area (Å²) in [6, 6.07) is 19.3. The zero-order valence-corrected chi connectivity index (χ0v) is 12.3. The summed E-state index contributed by atoms with van der Waals surface area (Å²) < 4.78 is 5.22. The van der Waals surface area contributed by atoms with E-state index in [1.165, 1.54) is 5.56 Å². The lowest BCUT2D eigenvalue weighted by molar-refractivity contribution is -0.0757. The van der Waals surface area contributed by atoms with Gasteiger partial charge in [-0.2, -0.15) is 0 Å². The summed E-state index contributed by atoms with van der Waals surface area (Å²) in [4.78, 5) is 5.93. The van der Waals surface area contributed by atoms with E-state index in [0.29, 0.717) is 5.92 Å². The molecule has 0 aromatic heterocycles. The van der Waals surface area contributed by atoms with Crippen LogP contribution in [-0.2, 0) is 0 Å². The highest BCUT2D eigenvalue weighted by Crippen LogP contribution is 2.28. The van der Waals surface area contributed by atoms with Crippen molar-refractivity contribution >= 4 is 0 Å². The second kappa shape index (κ2) is 6.64. The van der Waals surface area contributed by atoms with Gasteiger partial charge in [-0.3, -0.25) is 0 Å². The fourth-order valence-electron chi connectivity index (χ4n) is 2.73. The largest absolute Gasteiger partial charge is 0.497 e. The van der Waals surface area contributed by atoms with E-state index in [4.69, 9.17) is 9.57 Å². The molecule has 2 aromatic rings. The Labute approximate surface area is 126 Å².